The van der Waals surface area contributed by atoms with Gasteiger partial charge in [-0.25, -0.2) is 15.0 Å². The lowest BCUT2D eigenvalue weighted by Gasteiger charge is -2.37. The van der Waals surface area contributed by atoms with Gasteiger partial charge in [0.1, 0.15) is 35.8 Å². The summed E-state index contributed by atoms with van der Waals surface area (Å²) in [6, 6.07) is 36.0. The number of amides is 1. The van der Waals surface area contributed by atoms with E-state index in [1.54, 1.807) is 49.4 Å². The van der Waals surface area contributed by atoms with Crippen molar-refractivity contribution in [2.75, 3.05) is 52.4 Å². The van der Waals surface area contributed by atoms with E-state index in [9.17, 15) is 9.69 Å². The number of benzene rings is 4. The summed E-state index contributed by atoms with van der Waals surface area (Å²) in [5.41, 5.74) is 2.61. The second kappa shape index (κ2) is 24.3. The first-order chi connectivity index (χ1) is 30.8. The second-order valence-corrected chi connectivity index (χ2v) is 15.2. The topological polar surface area (TPSA) is 175 Å². The van der Waals surface area contributed by atoms with Crippen LogP contribution in [-0.2, 0) is 24.1 Å². The van der Waals surface area contributed by atoms with E-state index in [0.29, 0.717) is 28.2 Å². The summed E-state index contributed by atoms with van der Waals surface area (Å²) in [5.74, 6) is 1.27. The molecule has 2 N–H and O–H groups in total. The fraction of sp³-hybridized carbons (Fsp3) is 0.340. The predicted molar refractivity (Wildman–Crippen MR) is 246 cm³/mol. The van der Waals surface area contributed by atoms with Crippen molar-refractivity contribution in [1.29, 1.82) is 5.26 Å². The summed E-state index contributed by atoms with van der Waals surface area (Å²) in [6.45, 7) is 10.1. The van der Waals surface area contributed by atoms with Gasteiger partial charge in [0, 0.05) is 20.4 Å². The minimum atomic E-state index is -2.37. The van der Waals surface area contributed by atoms with Crippen molar-refractivity contribution < 1.29 is 37.7 Å². The van der Waals surface area contributed by atoms with Crippen LogP contribution < -0.4 is 14.8 Å². The van der Waals surface area contributed by atoms with Crippen molar-refractivity contribution in [1.82, 2.24) is 24.4 Å². The van der Waals surface area contributed by atoms with Gasteiger partial charge in [-0.15, -0.1) is 0 Å². The van der Waals surface area contributed by atoms with Gasteiger partial charge in [0.25, 0.3) is 5.91 Å². The van der Waals surface area contributed by atoms with Gasteiger partial charge in [-0.05, 0) is 72.7 Å². The molecule has 4 atom stereocenters. The highest BCUT2D eigenvalue weighted by molar-refractivity contribution is 7.40. The molecule has 333 valence electrons. The van der Waals surface area contributed by atoms with Crippen molar-refractivity contribution in [3.05, 3.63) is 144 Å². The number of hydrogen-bond acceptors (Lipinski definition) is 13. The number of nitriles is 1. The Morgan fingerprint density at radius 1 is 0.875 bits per heavy atom. The number of methoxy groups -OCH3 is 2. The quantitative estimate of drug-likeness (QED) is 0.0348. The van der Waals surface area contributed by atoms with E-state index in [2.05, 4.69) is 45.9 Å². The van der Waals surface area contributed by atoms with Gasteiger partial charge in [0.05, 0.1) is 52.4 Å². The molecule has 64 heavy (non-hydrogen) atoms. The third-order valence-electron chi connectivity index (χ3n) is 10.7. The van der Waals surface area contributed by atoms with Crippen molar-refractivity contribution in [2.45, 2.75) is 57.6 Å². The lowest BCUT2D eigenvalue weighted by atomic mass is 9.80. The highest BCUT2D eigenvalue weighted by Gasteiger charge is 2.44. The van der Waals surface area contributed by atoms with Crippen molar-refractivity contribution in [2.24, 2.45) is 0 Å². The van der Waals surface area contributed by atoms with Crippen LogP contribution in [0.15, 0.2) is 122 Å². The Kier molecular flexibility index (Phi) is 18.7. The van der Waals surface area contributed by atoms with Crippen LogP contribution in [0.3, 0.4) is 0 Å². The average molecular weight is 887 g/mol. The maximum absolute atomic E-state index is 13.0. The first-order valence-corrected chi connectivity index (χ1v) is 22.0. The molecule has 6 aromatic rings. The number of fused-ring (bicyclic) bond motifs is 1. The third kappa shape index (κ3) is 11.9. The number of carbonyl (C=O) groups excluding carboxylic acids is 1. The number of hydrogen-bond donors (Lipinski definition) is 2. The number of imidazole rings is 1. The zero-order valence-corrected chi connectivity index (χ0v) is 37.6. The van der Waals surface area contributed by atoms with Crippen LogP contribution in [0.5, 0.6) is 11.5 Å². The van der Waals surface area contributed by atoms with Gasteiger partial charge in [-0.1, -0.05) is 93.6 Å². The molecule has 1 aliphatic heterocycles. The molecule has 0 bridgehead atoms. The molecule has 15 nitrogen and oxygen atoms in total. The monoisotopic (exact) mass is 886 g/mol. The molecular weight excluding hydrogens is 832 g/mol. The molecule has 3 radical (unpaired) electrons. The standard InChI is InChI=1S/C41H39N6O8P.C6H15N.B/c1-50-32-18-14-30(15-19-32)41(29-12-7-4-8-13-29,31-16-20-33(51-2)21-17-31)52-25-35-34(55-56(49)53-23-9-22-42)24-36(54-35)47-27-45-37-38(43-26-44-39(37)47)46-40(48)28-10-5-3-6-11-28;1-4-7(5-2)6-3;/h3-8,10-21,26-27,34-36,49H,9,23-25H2,1-2H3,(H,43,44,46,48);4-6H2,1-3H3;/t34-,35+,36+,56?;;/m0../s1. The zero-order chi connectivity index (χ0) is 44.6. The summed E-state index contributed by atoms with van der Waals surface area (Å²) in [6.07, 6.45) is 1.10. The van der Waals surface area contributed by atoms with Gasteiger partial charge in [0.2, 0.25) is 0 Å². The normalized spacial score (nSPS) is 16.2. The number of rotatable bonds is 19. The molecule has 1 unspecified atom stereocenters. The van der Waals surface area contributed by atoms with Crippen molar-refractivity contribution in [3.63, 3.8) is 0 Å². The number of carbonyl (C=O) groups is 1. The Balaban J connectivity index is 0.000000890. The number of nitrogens with one attached hydrogen (secondary N) is 1. The van der Waals surface area contributed by atoms with E-state index < -0.39 is 32.6 Å². The molecule has 1 aliphatic rings. The van der Waals surface area contributed by atoms with Gasteiger partial charge >= 0.3 is 8.60 Å². The number of ether oxygens (including phenoxy) is 4. The van der Waals surface area contributed by atoms with Gasteiger partial charge in [0.15, 0.2) is 17.0 Å². The van der Waals surface area contributed by atoms with Crippen molar-refractivity contribution >= 4 is 39.9 Å². The van der Waals surface area contributed by atoms with Crippen LogP contribution in [0, 0.1) is 11.3 Å². The molecule has 4 aromatic carbocycles. The Morgan fingerprint density at radius 3 is 2.00 bits per heavy atom. The fourth-order valence-corrected chi connectivity index (χ4v) is 8.09. The highest BCUT2D eigenvalue weighted by atomic mass is 31.2. The molecule has 1 saturated heterocycles. The lowest BCUT2D eigenvalue weighted by Crippen LogP contribution is -2.38. The van der Waals surface area contributed by atoms with Crippen LogP contribution in [0.1, 0.15) is 66.9 Å². The molecule has 0 spiro atoms. The van der Waals surface area contributed by atoms with E-state index in [1.807, 2.05) is 91.0 Å². The number of anilines is 1. The molecule has 17 heteroatoms. The maximum atomic E-state index is 13.0. The first kappa shape index (κ1) is 49.3. The molecule has 1 fully saturated rings. The number of nitrogens with zero attached hydrogens (tertiary/aromatic N) is 6. The third-order valence-corrected chi connectivity index (χ3v) is 11.6. The van der Waals surface area contributed by atoms with E-state index in [1.165, 1.54) is 26.0 Å². The van der Waals surface area contributed by atoms with Crippen LogP contribution in [0.25, 0.3) is 11.2 Å². The molecule has 2 aromatic heterocycles. The van der Waals surface area contributed by atoms with E-state index >= 15 is 0 Å². The summed E-state index contributed by atoms with van der Waals surface area (Å²) in [5, 5.41) is 11.8. The largest absolute Gasteiger partial charge is 0.497 e. The molecule has 0 saturated carbocycles. The minimum absolute atomic E-state index is 0. The van der Waals surface area contributed by atoms with E-state index in [4.69, 9.17) is 33.3 Å². The summed E-state index contributed by atoms with van der Waals surface area (Å²) in [7, 11) is 0.859. The second-order valence-electron chi connectivity index (χ2n) is 14.3. The SMILES string of the molecule is CCN(CC)CC.COc1ccc(C(OC[C@H]2O[C@@H](n3cnc4c(NC(=O)c5ccccc5)ncnc43)C[C@@H]2OP(O)OCCC#N)(c2ccccc2)c2ccc(OC)cc2)cc1.[B]. The van der Waals surface area contributed by atoms with E-state index in [-0.39, 0.29) is 46.2 Å². The lowest BCUT2D eigenvalue weighted by molar-refractivity contribution is -0.0912. The highest BCUT2D eigenvalue weighted by Crippen LogP contribution is 2.45. The Bertz CT molecular complexity index is 2320. The molecule has 0 aliphatic carbocycles. The molecule has 7 rings (SSSR count). The minimum Gasteiger partial charge on any atom is -0.497 e. The van der Waals surface area contributed by atoms with Crippen LogP contribution in [-0.4, -0.2) is 103 Å². The first-order valence-electron chi connectivity index (χ1n) is 20.8. The Morgan fingerprint density at radius 2 is 1.45 bits per heavy atom. The maximum Gasteiger partial charge on any atom is 0.330 e. The zero-order valence-electron chi connectivity index (χ0n) is 36.7. The van der Waals surface area contributed by atoms with Crippen molar-refractivity contribution in [3.8, 4) is 17.6 Å². The average Bonchev–Trinajstić information content (AvgIpc) is 3.95. The van der Waals surface area contributed by atoms with E-state index in [0.717, 1.165) is 16.7 Å². The molecule has 3 heterocycles. The van der Waals surface area contributed by atoms with Crippen LogP contribution >= 0.6 is 8.60 Å². The molecular formula is C47H54BN7O8P. The fourth-order valence-electron chi connectivity index (χ4n) is 7.32. The van der Waals surface area contributed by atoms with Gasteiger partial charge in [-0.3, -0.25) is 9.36 Å². The number of aromatic nitrogens is 4. The molecule has 1 amide bonds. The summed E-state index contributed by atoms with van der Waals surface area (Å²) in [4.78, 5) is 39.5. The Hall–Kier alpha value is -5.76. The van der Waals surface area contributed by atoms with Gasteiger partial charge in [-0.2, -0.15) is 5.26 Å². The van der Waals surface area contributed by atoms with Crippen LogP contribution in [0.2, 0.25) is 0 Å². The predicted octanol–water partition coefficient (Wildman–Crippen LogP) is 7.89. The smallest absolute Gasteiger partial charge is 0.330 e. The van der Waals surface area contributed by atoms with Crippen LogP contribution in [0.4, 0.5) is 5.82 Å². The van der Waals surface area contributed by atoms with Gasteiger partial charge < -0.3 is 43.1 Å². The summed E-state index contributed by atoms with van der Waals surface area (Å²) < 4.78 is 38.1. The summed E-state index contributed by atoms with van der Waals surface area (Å²) >= 11 is 0. The Labute approximate surface area is 377 Å².